The SMILES string of the molecule is CC(C)Sc1ccc(C(=O)N2CCN(c3nc4c(F)cccc4s3)CC2)cc1. The molecule has 1 saturated heterocycles. The van der Waals surface area contributed by atoms with E-state index in [1.165, 1.54) is 22.3 Å². The largest absolute Gasteiger partial charge is 0.345 e. The standard InChI is InChI=1S/C21H22FN3OS2/c1-14(2)27-16-8-6-15(7-9-16)20(26)24-10-12-25(13-11-24)21-23-19-17(22)4-3-5-18(19)28-21/h3-9,14H,10-13H2,1-2H3. The van der Waals surface area contributed by atoms with Crippen LogP contribution in [0.25, 0.3) is 10.2 Å². The number of para-hydroxylation sites is 1. The third-order valence-electron chi connectivity index (χ3n) is 4.67. The van der Waals surface area contributed by atoms with Crippen LogP contribution in [0.5, 0.6) is 0 Å². The minimum Gasteiger partial charge on any atom is -0.345 e. The van der Waals surface area contributed by atoms with Crippen LogP contribution in [0.15, 0.2) is 47.4 Å². The highest BCUT2D eigenvalue weighted by Crippen LogP contribution is 2.31. The molecule has 2 aromatic carbocycles. The number of amides is 1. The van der Waals surface area contributed by atoms with Gasteiger partial charge in [0.05, 0.1) is 4.70 Å². The molecule has 1 fully saturated rings. The molecule has 0 aliphatic carbocycles. The Morgan fingerprint density at radius 1 is 1.11 bits per heavy atom. The van der Waals surface area contributed by atoms with Crippen molar-refractivity contribution in [1.82, 2.24) is 9.88 Å². The molecule has 7 heteroatoms. The topological polar surface area (TPSA) is 36.4 Å². The molecule has 2 heterocycles. The summed E-state index contributed by atoms with van der Waals surface area (Å²) in [4.78, 5) is 22.5. The van der Waals surface area contributed by atoms with Crippen molar-refractivity contribution in [2.75, 3.05) is 31.1 Å². The van der Waals surface area contributed by atoms with E-state index in [9.17, 15) is 9.18 Å². The number of anilines is 1. The molecule has 0 unspecified atom stereocenters. The molecule has 0 radical (unpaired) electrons. The Labute approximate surface area is 172 Å². The summed E-state index contributed by atoms with van der Waals surface area (Å²) in [6, 6.07) is 12.9. The summed E-state index contributed by atoms with van der Waals surface area (Å²) in [6.07, 6.45) is 0. The lowest BCUT2D eigenvalue weighted by Gasteiger charge is -2.34. The van der Waals surface area contributed by atoms with Crippen molar-refractivity contribution >= 4 is 44.4 Å². The first-order valence-electron chi connectivity index (χ1n) is 9.37. The van der Waals surface area contributed by atoms with Gasteiger partial charge in [-0.25, -0.2) is 9.37 Å². The molecule has 0 saturated carbocycles. The Balaban J connectivity index is 1.40. The highest BCUT2D eigenvalue weighted by atomic mass is 32.2. The lowest BCUT2D eigenvalue weighted by atomic mass is 10.2. The van der Waals surface area contributed by atoms with Crippen molar-refractivity contribution in [3.63, 3.8) is 0 Å². The summed E-state index contributed by atoms with van der Waals surface area (Å²) in [5.41, 5.74) is 1.16. The number of halogens is 1. The second kappa shape index (κ2) is 8.09. The van der Waals surface area contributed by atoms with E-state index >= 15 is 0 Å². The molecule has 0 N–H and O–H groups in total. The highest BCUT2D eigenvalue weighted by Gasteiger charge is 2.24. The lowest BCUT2D eigenvalue weighted by Crippen LogP contribution is -2.48. The van der Waals surface area contributed by atoms with Crippen molar-refractivity contribution in [2.24, 2.45) is 0 Å². The molecule has 1 aromatic heterocycles. The van der Waals surface area contributed by atoms with E-state index in [1.807, 2.05) is 35.2 Å². The predicted octanol–water partition coefficient (Wildman–Crippen LogP) is 4.90. The number of carbonyl (C=O) groups excluding carboxylic acids is 1. The maximum absolute atomic E-state index is 13.9. The van der Waals surface area contributed by atoms with Gasteiger partial charge in [0.25, 0.3) is 5.91 Å². The highest BCUT2D eigenvalue weighted by molar-refractivity contribution is 7.99. The molecule has 4 rings (SSSR count). The zero-order valence-electron chi connectivity index (χ0n) is 15.9. The molecule has 28 heavy (non-hydrogen) atoms. The van der Waals surface area contributed by atoms with Gasteiger partial charge < -0.3 is 9.80 Å². The second-order valence-electron chi connectivity index (χ2n) is 7.05. The molecule has 4 nitrogen and oxygen atoms in total. The number of fused-ring (bicyclic) bond motifs is 1. The van der Waals surface area contributed by atoms with Crippen LogP contribution in [0.4, 0.5) is 9.52 Å². The average molecular weight is 416 g/mol. The Morgan fingerprint density at radius 2 is 1.82 bits per heavy atom. The van der Waals surface area contributed by atoms with Gasteiger partial charge in [0.2, 0.25) is 0 Å². The number of carbonyl (C=O) groups is 1. The van der Waals surface area contributed by atoms with Gasteiger partial charge in [-0.2, -0.15) is 0 Å². The van der Waals surface area contributed by atoms with Crippen LogP contribution in [0.1, 0.15) is 24.2 Å². The summed E-state index contributed by atoms with van der Waals surface area (Å²) < 4.78 is 14.7. The minimum absolute atomic E-state index is 0.0658. The van der Waals surface area contributed by atoms with Gasteiger partial charge in [0, 0.05) is 41.9 Å². The number of hydrogen-bond donors (Lipinski definition) is 0. The molecule has 1 aliphatic heterocycles. The first kappa shape index (κ1) is 19.2. The first-order chi connectivity index (χ1) is 13.5. The third kappa shape index (κ3) is 4.00. The number of aromatic nitrogens is 1. The normalized spacial score (nSPS) is 14.9. The summed E-state index contributed by atoms with van der Waals surface area (Å²) >= 11 is 3.29. The van der Waals surface area contributed by atoms with Crippen molar-refractivity contribution in [1.29, 1.82) is 0 Å². The maximum atomic E-state index is 13.9. The Bertz CT molecular complexity index is 979. The number of thioether (sulfide) groups is 1. The smallest absolute Gasteiger partial charge is 0.253 e. The van der Waals surface area contributed by atoms with Crippen LogP contribution >= 0.6 is 23.1 Å². The lowest BCUT2D eigenvalue weighted by molar-refractivity contribution is 0.0746. The van der Waals surface area contributed by atoms with E-state index in [0.29, 0.717) is 36.9 Å². The second-order valence-corrected chi connectivity index (χ2v) is 9.71. The Morgan fingerprint density at radius 3 is 2.46 bits per heavy atom. The number of hydrogen-bond acceptors (Lipinski definition) is 5. The van der Waals surface area contributed by atoms with E-state index in [2.05, 4.69) is 23.7 Å². The average Bonchev–Trinajstić information content (AvgIpc) is 3.13. The summed E-state index contributed by atoms with van der Waals surface area (Å²) in [7, 11) is 0. The molecule has 0 atom stereocenters. The summed E-state index contributed by atoms with van der Waals surface area (Å²) in [5.74, 6) is -0.219. The van der Waals surface area contributed by atoms with Gasteiger partial charge in [-0.05, 0) is 36.4 Å². The molecule has 1 amide bonds. The van der Waals surface area contributed by atoms with Crippen LogP contribution in [-0.4, -0.2) is 47.2 Å². The minimum atomic E-state index is -0.284. The van der Waals surface area contributed by atoms with Crippen LogP contribution in [0, 0.1) is 5.82 Å². The van der Waals surface area contributed by atoms with Crippen LogP contribution in [0.3, 0.4) is 0 Å². The monoisotopic (exact) mass is 415 g/mol. The van der Waals surface area contributed by atoms with Gasteiger partial charge in [0.1, 0.15) is 11.3 Å². The van der Waals surface area contributed by atoms with Crippen molar-refractivity contribution in [2.45, 2.75) is 24.0 Å². The number of nitrogens with zero attached hydrogens (tertiary/aromatic N) is 3. The molecule has 1 aliphatic rings. The number of piperazine rings is 1. The zero-order chi connectivity index (χ0) is 19.7. The van der Waals surface area contributed by atoms with Gasteiger partial charge in [0.15, 0.2) is 5.13 Å². The fraction of sp³-hybridized carbons (Fsp3) is 0.333. The molecule has 146 valence electrons. The molecular weight excluding hydrogens is 393 g/mol. The van der Waals surface area contributed by atoms with Crippen molar-refractivity contribution in [3.05, 3.63) is 53.8 Å². The zero-order valence-corrected chi connectivity index (χ0v) is 17.5. The van der Waals surface area contributed by atoms with E-state index in [-0.39, 0.29) is 11.7 Å². The van der Waals surface area contributed by atoms with Crippen LogP contribution < -0.4 is 4.90 Å². The van der Waals surface area contributed by atoms with Crippen LogP contribution in [0.2, 0.25) is 0 Å². The van der Waals surface area contributed by atoms with Gasteiger partial charge >= 0.3 is 0 Å². The molecule has 0 spiro atoms. The molecular formula is C21H22FN3OS2. The first-order valence-corrected chi connectivity index (χ1v) is 11.1. The third-order valence-corrected chi connectivity index (χ3v) is 6.77. The Kier molecular flexibility index (Phi) is 5.55. The molecule has 0 bridgehead atoms. The quantitative estimate of drug-likeness (QED) is 0.568. The number of rotatable bonds is 4. The number of thiazole rings is 1. The summed E-state index contributed by atoms with van der Waals surface area (Å²) in [5, 5.41) is 1.34. The maximum Gasteiger partial charge on any atom is 0.253 e. The number of benzene rings is 2. The van der Waals surface area contributed by atoms with E-state index in [0.717, 1.165) is 15.4 Å². The predicted molar refractivity (Wildman–Crippen MR) is 115 cm³/mol. The van der Waals surface area contributed by atoms with Crippen molar-refractivity contribution in [3.8, 4) is 0 Å². The summed E-state index contributed by atoms with van der Waals surface area (Å²) in [6.45, 7) is 6.99. The Hall–Kier alpha value is -2.12. The fourth-order valence-corrected chi connectivity index (χ4v) is 5.14. The van der Waals surface area contributed by atoms with E-state index < -0.39 is 0 Å². The fourth-order valence-electron chi connectivity index (χ4n) is 3.27. The van der Waals surface area contributed by atoms with Crippen molar-refractivity contribution < 1.29 is 9.18 Å². The van der Waals surface area contributed by atoms with E-state index in [1.54, 1.807) is 17.8 Å². The van der Waals surface area contributed by atoms with Crippen LogP contribution in [-0.2, 0) is 0 Å². The van der Waals surface area contributed by atoms with E-state index in [4.69, 9.17) is 0 Å². The van der Waals surface area contributed by atoms with Gasteiger partial charge in [-0.3, -0.25) is 4.79 Å². The van der Waals surface area contributed by atoms with Gasteiger partial charge in [-0.15, -0.1) is 11.8 Å². The molecule has 3 aromatic rings. The van der Waals surface area contributed by atoms with Gasteiger partial charge in [-0.1, -0.05) is 31.3 Å².